The van der Waals surface area contributed by atoms with Gasteiger partial charge in [-0.05, 0) is 102 Å². The monoisotopic (exact) mass is 877 g/mol. The van der Waals surface area contributed by atoms with E-state index in [9.17, 15) is 26.5 Å². The van der Waals surface area contributed by atoms with E-state index in [4.69, 9.17) is 9.47 Å². The number of ether oxygens (including phenoxy) is 2. The Balaban J connectivity index is 1.56. The van der Waals surface area contributed by atoms with Crippen LogP contribution in [0.5, 0.6) is 5.75 Å². The van der Waals surface area contributed by atoms with Crippen LogP contribution in [0.25, 0.3) is 0 Å². The summed E-state index contributed by atoms with van der Waals surface area (Å²) in [5, 5.41) is -4.58. The van der Waals surface area contributed by atoms with Crippen molar-refractivity contribution >= 4 is 83.9 Å². The summed E-state index contributed by atoms with van der Waals surface area (Å²) in [6, 6.07) is 19.1. The molecule has 0 saturated carbocycles. The van der Waals surface area contributed by atoms with Crippen LogP contribution in [0.15, 0.2) is 60.7 Å². The van der Waals surface area contributed by atoms with Crippen molar-refractivity contribution in [1.82, 2.24) is 0 Å². The number of esters is 1. The van der Waals surface area contributed by atoms with Crippen molar-refractivity contribution in [3.05, 3.63) is 93.6 Å². The number of fused-ring (bicyclic) bond motifs is 1. The molecule has 0 aliphatic heterocycles. The maximum atomic E-state index is 13.9. The smallest absolute Gasteiger partial charge is 0.357 e. The van der Waals surface area contributed by atoms with E-state index >= 15 is 0 Å². The number of benzene rings is 3. The van der Waals surface area contributed by atoms with Crippen molar-refractivity contribution in [3.8, 4) is 5.75 Å². The molecule has 0 aromatic heterocycles. The van der Waals surface area contributed by atoms with Crippen LogP contribution in [-0.2, 0) is 19.6 Å². The van der Waals surface area contributed by atoms with Crippen molar-refractivity contribution in [2.24, 2.45) is 11.8 Å². The summed E-state index contributed by atoms with van der Waals surface area (Å²) in [5.74, 6) is -2.34. The second-order valence-electron chi connectivity index (χ2n) is 9.13. The van der Waals surface area contributed by atoms with Crippen molar-refractivity contribution in [2.75, 3.05) is 13.2 Å². The Bertz CT molecular complexity index is 1460. The van der Waals surface area contributed by atoms with E-state index in [1.54, 1.807) is 0 Å². The molecule has 0 heterocycles. The number of hydrogen-bond acceptors (Lipinski definition) is 6. The molecular formula is C26H18F2I3O6S-. The van der Waals surface area contributed by atoms with Crippen molar-refractivity contribution in [3.63, 3.8) is 0 Å². The SMILES string of the molecule is O=C(Oc1c(I)cc(I)cc1I)C1C2c3ccccc3C(c3ccccc32)C1COCC(F)(F)S(=O)(=O)[O-]. The van der Waals surface area contributed by atoms with E-state index in [-0.39, 0.29) is 12.5 Å². The molecule has 0 amide bonds. The van der Waals surface area contributed by atoms with Gasteiger partial charge in [0.25, 0.3) is 0 Å². The van der Waals surface area contributed by atoms with Gasteiger partial charge in [0.05, 0.1) is 19.7 Å². The van der Waals surface area contributed by atoms with E-state index in [1.807, 2.05) is 60.7 Å². The van der Waals surface area contributed by atoms with Gasteiger partial charge < -0.3 is 14.0 Å². The minimum atomic E-state index is -5.90. The summed E-state index contributed by atoms with van der Waals surface area (Å²) in [6.07, 6.45) is 0. The average molecular weight is 877 g/mol. The highest BCUT2D eigenvalue weighted by Gasteiger charge is 2.53. The number of carbonyl (C=O) groups excluding carboxylic acids is 1. The van der Waals surface area contributed by atoms with Gasteiger partial charge in [0.15, 0.2) is 15.9 Å². The molecular weight excluding hydrogens is 859 g/mol. The van der Waals surface area contributed by atoms with Crippen LogP contribution in [0, 0.1) is 22.5 Å². The molecule has 3 aliphatic carbocycles. The summed E-state index contributed by atoms with van der Waals surface area (Å²) in [7, 11) is -5.90. The standard InChI is InChI=1S/C26H19F2I3O6S/c27-26(28,38(33,34)35)12-36-11-18-21-14-5-1-3-7-16(14)22(17-8-4-2-6-15(17)21)23(18)25(32)37-24-19(30)9-13(29)10-20(24)31/h1-10,18,21-23H,11-12H2,(H,33,34,35)/p-1. The molecule has 3 aromatic rings. The fourth-order valence-electron chi connectivity index (χ4n) is 5.48. The fraction of sp³-hybridized carbons (Fsp3) is 0.269. The predicted molar refractivity (Wildman–Crippen MR) is 159 cm³/mol. The number of hydrogen-bond donors (Lipinski definition) is 0. The molecule has 0 N–H and O–H groups in total. The van der Waals surface area contributed by atoms with Gasteiger partial charge in [-0.1, -0.05) is 48.5 Å². The van der Waals surface area contributed by atoms with Gasteiger partial charge in [0, 0.05) is 21.3 Å². The van der Waals surface area contributed by atoms with Gasteiger partial charge in [-0.3, -0.25) is 4.79 Å². The Morgan fingerprint density at radius 3 is 1.84 bits per heavy atom. The van der Waals surface area contributed by atoms with Crippen molar-refractivity contribution < 1.29 is 36.0 Å². The fourth-order valence-corrected chi connectivity index (χ4v) is 9.51. The Kier molecular flexibility index (Phi) is 8.12. The molecule has 6 nitrogen and oxygen atoms in total. The summed E-state index contributed by atoms with van der Waals surface area (Å²) in [6.45, 7) is -1.96. The van der Waals surface area contributed by atoms with E-state index in [0.717, 1.165) is 33.0 Å². The maximum absolute atomic E-state index is 13.9. The zero-order valence-corrected chi connectivity index (χ0v) is 26.5. The number of carbonyl (C=O) groups is 1. The largest absolute Gasteiger partial charge is 0.743 e. The molecule has 3 aromatic carbocycles. The van der Waals surface area contributed by atoms with E-state index < -0.39 is 45.7 Å². The van der Waals surface area contributed by atoms with Crippen molar-refractivity contribution in [1.29, 1.82) is 0 Å². The third kappa shape index (κ3) is 5.12. The van der Waals surface area contributed by atoms with Crippen LogP contribution in [0.1, 0.15) is 34.1 Å². The highest BCUT2D eigenvalue weighted by atomic mass is 127. The predicted octanol–water partition coefficient (Wildman–Crippen LogP) is 6.08. The molecule has 2 atom stereocenters. The van der Waals surface area contributed by atoms with Gasteiger partial charge in [0.2, 0.25) is 0 Å². The van der Waals surface area contributed by atoms with Gasteiger partial charge >= 0.3 is 11.2 Å². The second kappa shape index (κ2) is 10.8. The van der Waals surface area contributed by atoms with Crippen LogP contribution in [0.4, 0.5) is 8.78 Å². The topological polar surface area (TPSA) is 92.7 Å². The van der Waals surface area contributed by atoms with Gasteiger partial charge in [-0.25, -0.2) is 8.42 Å². The first-order valence-electron chi connectivity index (χ1n) is 11.4. The molecule has 38 heavy (non-hydrogen) atoms. The molecule has 3 aliphatic rings. The number of alkyl halides is 2. The average Bonchev–Trinajstić information content (AvgIpc) is 2.85. The summed E-state index contributed by atoms with van der Waals surface area (Å²) >= 11 is 6.38. The van der Waals surface area contributed by atoms with Gasteiger partial charge in [-0.15, -0.1) is 0 Å². The van der Waals surface area contributed by atoms with E-state index in [1.165, 1.54) is 0 Å². The lowest BCUT2D eigenvalue weighted by Gasteiger charge is -2.49. The van der Waals surface area contributed by atoms with E-state index in [2.05, 4.69) is 67.8 Å². The van der Waals surface area contributed by atoms with Crippen molar-refractivity contribution in [2.45, 2.75) is 17.1 Å². The third-order valence-corrected chi connectivity index (χ3v) is 10.0. The second-order valence-corrected chi connectivity index (χ2v) is 14.2. The summed E-state index contributed by atoms with van der Waals surface area (Å²) in [4.78, 5) is 13.9. The zero-order valence-electron chi connectivity index (χ0n) is 19.2. The first kappa shape index (κ1) is 28.6. The van der Waals surface area contributed by atoms with Gasteiger partial charge in [0.1, 0.15) is 6.61 Å². The molecule has 0 saturated heterocycles. The molecule has 2 unspecified atom stereocenters. The first-order chi connectivity index (χ1) is 17.9. The van der Waals surface area contributed by atoms with Crippen LogP contribution >= 0.6 is 67.8 Å². The summed E-state index contributed by atoms with van der Waals surface area (Å²) in [5.41, 5.74) is 3.81. The summed E-state index contributed by atoms with van der Waals surface area (Å²) < 4.78 is 74.4. The van der Waals surface area contributed by atoms with Crippen LogP contribution in [-0.4, -0.2) is 37.4 Å². The Morgan fingerprint density at radius 2 is 1.37 bits per heavy atom. The Morgan fingerprint density at radius 1 is 0.895 bits per heavy atom. The molecule has 200 valence electrons. The normalized spacial score (nSPS) is 22.1. The lowest BCUT2D eigenvalue weighted by atomic mass is 9.54. The highest BCUT2D eigenvalue weighted by Crippen LogP contribution is 2.58. The van der Waals surface area contributed by atoms with Crippen LogP contribution < -0.4 is 4.74 Å². The van der Waals surface area contributed by atoms with Crippen LogP contribution in [0.2, 0.25) is 0 Å². The quantitative estimate of drug-likeness (QED) is 0.124. The Hall–Kier alpha value is -0.950. The minimum absolute atomic E-state index is 0.365. The third-order valence-electron chi connectivity index (χ3n) is 6.96. The van der Waals surface area contributed by atoms with E-state index in [0.29, 0.717) is 5.75 Å². The maximum Gasteiger partial charge on any atom is 0.357 e. The number of rotatable bonds is 7. The lowest BCUT2D eigenvalue weighted by Crippen LogP contribution is -2.47. The molecule has 0 fully saturated rings. The van der Waals surface area contributed by atoms with Crippen LogP contribution in [0.3, 0.4) is 0 Å². The molecule has 0 radical (unpaired) electrons. The molecule has 0 spiro atoms. The zero-order chi connectivity index (χ0) is 27.4. The molecule has 6 rings (SSSR count). The Labute approximate surface area is 259 Å². The molecule has 2 bridgehead atoms. The highest BCUT2D eigenvalue weighted by molar-refractivity contribution is 14.1. The number of halogens is 5. The minimum Gasteiger partial charge on any atom is -0.743 e. The molecule has 12 heteroatoms. The lowest BCUT2D eigenvalue weighted by molar-refractivity contribution is -0.144. The van der Waals surface area contributed by atoms with Gasteiger partial charge in [-0.2, -0.15) is 8.78 Å². The first-order valence-corrected chi connectivity index (χ1v) is 16.0.